The second kappa shape index (κ2) is 6.75. The number of nitrogens with one attached hydrogen (secondary N) is 1. The van der Waals surface area contributed by atoms with Gasteiger partial charge in [0, 0.05) is 10.8 Å². The lowest BCUT2D eigenvalue weighted by atomic mass is 10.0. The van der Waals surface area contributed by atoms with Gasteiger partial charge in [-0.1, -0.05) is 36.0 Å². The summed E-state index contributed by atoms with van der Waals surface area (Å²) in [6.07, 6.45) is 3.95. The number of phenolic OH excluding ortho intramolecular Hbond substituents is 1. The van der Waals surface area contributed by atoms with Gasteiger partial charge >= 0.3 is 0 Å². The van der Waals surface area contributed by atoms with Crippen molar-refractivity contribution in [3.05, 3.63) is 42.6 Å². The monoisotopic (exact) mass is 338 g/mol. The van der Waals surface area contributed by atoms with Crippen LogP contribution in [-0.4, -0.2) is 38.6 Å². The van der Waals surface area contributed by atoms with Crippen LogP contribution in [0.3, 0.4) is 0 Å². The molecule has 0 aliphatic carbocycles. The Balaban J connectivity index is 1.59. The zero-order valence-corrected chi connectivity index (χ0v) is 14.0. The van der Waals surface area contributed by atoms with E-state index in [9.17, 15) is 5.11 Å². The third-order valence-corrected chi connectivity index (χ3v) is 5.44. The fraction of sp³-hybridized carbons (Fsp3) is 0.278. The van der Waals surface area contributed by atoms with Gasteiger partial charge in [0.05, 0.1) is 6.20 Å². The number of aromatic nitrogens is 3. The largest absolute Gasteiger partial charge is 0.507 e. The Bertz CT molecular complexity index is 847. The van der Waals surface area contributed by atoms with Crippen LogP contribution in [0, 0.1) is 0 Å². The third kappa shape index (κ3) is 3.20. The molecule has 0 unspecified atom stereocenters. The van der Waals surface area contributed by atoms with Crippen molar-refractivity contribution in [2.24, 2.45) is 0 Å². The second-order valence-corrected chi connectivity index (χ2v) is 7.18. The van der Waals surface area contributed by atoms with Gasteiger partial charge < -0.3 is 10.4 Å². The van der Waals surface area contributed by atoms with Crippen LogP contribution in [0.15, 0.2) is 47.8 Å². The molecule has 0 bridgehead atoms. The summed E-state index contributed by atoms with van der Waals surface area (Å²) in [5.41, 5.74) is 1.25. The Hall–Kier alpha value is -2.18. The van der Waals surface area contributed by atoms with Gasteiger partial charge in [0.1, 0.15) is 11.4 Å². The predicted octanol–water partition coefficient (Wildman–Crippen LogP) is 3.24. The molecule has 0 amide bonds. The number of nitrogens with zero attached hydrogens (tertiary/aromatic N) is 3. The number of piperidine rings is 1. The van der Waals surface area contributed by atoms with Gasteiger partial charge in [-0.3, -0.25) is 0 Å². The molecule has 3 aromatic rings. The van der Waals surface area contributed by atoms with E-state index in [1.54, 1.807) is 24.0 Å². The molecular weight excluding hydrogens is 320 g/mol. The fourth-order valence-electron chi connectivity index (χ4n) is 2.94. The summed E-state index contributed by atoms with van der Waals surface area (Å²) in [4.78, 5) is 4.43. The molecule has 1 saturated heterocycles. The highest BCUT2D eigenvalue weighted by Gasteiger charge is 2.16. The Morgan fingerprint density at radius 1 is 1.04 bits per heavy atom. The van der Waals surface area contributed by atoms with E-state index in [0.717, 1.165) is 36.7 Å². The molecule has 24 heavy (non-hydrogen) atoms. The maximum absolute atomic E-state index is 10.3. The Kier molecular flexibility index (Phi) is 4.32. The van der Waals surface area contributed by atoms with Gasteiger partial charge in [0.25, 0.3) is 0 Å². The molecule has 1 fully saturated rings. The highest BCUT2D eigenvalue weighted by Crippen LogP contribution is 2.32. The van der Waals surface area contributed by atoms with Crippen LogP contribution < -0.4 is 5.32 Å². The molecule has 2 heterocycles. The lowest BCUT2D eigenvalue weighted by Crippen LogP contribution is -2.29. The molecule has 0 atom stereocenters. The summed E-state index contributed by atoms with van der Waals surface area (Å²) >= 11 is 1.69. The number of thioether (sulfide) groups is 1. The highest BCUT2D eigenvalue weighted by molar-refractivity contribution is 7.99. The summed E-state index contributed by atoms with van der Waals surface area (Å²) < 4.78 is 0. The number of benzene rings is 2. The van der Waals surface area contributed by atoms with Crippen LogP contribution in [0.5, 0.6) is 5.75 Å². The van der Waals surface area contributed by atoms with Crippen LogP contribution in [0.1, 0.15) is 12.8 Å². The highest BCUT2D eigenvalue weighted by atomic mass is 32.2. The summed E-state index contributed by atoms with van der Waals surface area (Å²) in [5.74, 6) is 0.198. The van der Waals surface area contributed by atoms with Crippen molar-refractivity contribution in [2.75, 3.05) is 13.1 Å². The summed E-state index contributed by atoms with van der Waals surface area (Å²) in [6.45, 7) is 2.10. The smallest absolute Gasteiger partial charge is 0.209 e. The van der Waals surface area contributed by atoms with Gasteiger partial charge in [-0.2, -0.15) is 0 Å². The zero-order valence-electron chi connectivity index (χ0n) is 13.1. The Morgan fingerprint density at radius 3 is 2.50 bits per heavy atom. The minimum atomic E-state index is 0.198. The van der Waals surface area contributed by atoms with E-state index in [0.29, 0.717) is 21.7 Å². The first-order valence-corrected chi connectivity index (χ1v) is 8.97. The van der Waals surface area contributed by atoms with Gasteiger partial charge in [-0.05, 0) is 48.8 Å². The Morgan fingerprint density at radius 2 is 1.79 bits per heavy atom. The predicted molar refractivity (Wildman–Crippen MR) is 96.2 cm³/mol. The van der Waals surface area contributed by atoms with Crippen molar-refractivity contribution in [2.45, 2.75) is 23.2 Å². The number of hydrogen-bond acceptors (Lipinski definition) is 6. The fourth-order valence-corrected chi connectivity index (χ4v) is 3.91. The number of hydrogen-bond donors (Lipinski definition) is 2. The molecule has 1 aromatic heterocycles. The molecule has 0 spiro atoms. The summed E-state index contributed by atoms with van der Waals surface area (Å²) in [5, 5.41) is 25.5. The number of rotatable bonds is 3. The van der Waals surface area contributed by atoms with E-state index in [4.69, 9.17) is 0 Å². The molecule has 122 valence electrons. The Labute approximate surface area is 144 Å². The van der Waals surface area contributed by atoms with E-state index in [-0.39, 0.29) is 5.75 Å². The number of phenols is 1. The van der Waals surface area contributed by atoms with Gasteiger partial charge in [-0.25, -0.2) is 4.98 Å². The molecule has 1 aliphatic rings. The first-order valence-electron chi connectivity index (χ1n) is 8.09. The maximum Gasteiger partial charge on any atom is 0.209 e. The molecule has 4 rings (SSSR count). The van der Waals surface area contributed by atoms with Gasteiger partial charge in [-0.15, -0.1) is 10.2 Å². The van der Waals surface area contributed by atoms with Gasteiger partial charge in [0.2, 0.25) is 5.16 Å². The van der Waals surface area contributed by atoms with E-state index in [1.807, 2.05) is 30.3 Å². The average molecular weight is 338 g/mol. The summed E-state index contributed by atoms with van der Waals surface area (Å²) in [6, 6.07) is 11.6. The number of fused-ring (bicyclic) bond motifs is 1. The topological polar surface area (TPSA) is 70.9 Å². The van der Waals surface area contributed by atoms with E-state index >= 15 is 0 Å². The first kappa shape index (κ1) is 15.4. The zero-order chi connectivity index (χ0) is 16.4. The van der Waals surface area contributed by atoms with E-state index in [2.05, 4.69) is 20.5 Å². The quantitative estimate of drug-likeness (QED) is 0.764. The second-order valence-electron chi connectivity index (χ2n) is 5.91. The molecule has 0 saturated carbocycles. The minimum Gasteiger partial charge on any atom is -0.507 e. The van der Waals surface area contributed by atoms with E-state index < -0.39 is 0 Å². The van der Waals surface area contributed by atoms with Crippen LogP contribution in [0.4, 0.5) is 0 Å². The minimum absolute atomic E-state index is 0.198. The molecule has 6 heteroatoms. The molecule has 0 radical (unpaired) electrons. The van der Waals surface area contributed by atoms with Gasteiger partial charge in [0.15, 0.2) is 0 Å². The van der Waals surface area contributed by atoms with Crippen LogP contribution in [0.25, 0.3) is 22.0 Å². The van der Waals surface area contributed by atoms with Crippen molar-refractivity contribution < 1.29 is 5.11 Å². The maximum atomic E-state index is 10.3. The first-order chi connectivity index (χ1) is 11.8. The van der Waals surface area contributed by atoms with Crippen molar-refractivity contribution >= 4 is 22.5 Å². The number of aromatic hydroxyl groups is 1. The molecule has 1 aliphatic heterocycles. The summed E-state index contributed by atoms with van der Waals surface area (Å²) in [7, 11) is 0. The van der Waals surface area contributed by atoms with Crippen molar-refractivity contribution in [1.29, 1.82) is 0 Å². The van der Waals surface area contributed by atoms with Crippen LogP contribution >= 0.6 is 11.8 Å². The molecule has 2 aromatic carbocycles. The normalized spacial score (nSPS) is 15.7. The standard InChI is InChI=1S/C18H18N4OS/c23-17-10-13-4-2-1-3-12(13)9-15(17)16-11-20-18(22-21-16)24-14-5-7-19-8-6-14/h1-4,9-11,14,19,23H,5-8H2. The van der Waals surface area contributed by atoms with Crippen LogP contribution in [-0.2, 0) is 0 Å². The van der Waals surface area contributed by atoms with E-state index in [1.165, 1.54) is 0 Å². The van der Waals surface area contributed by atoms with Crippen molar-refractivity contribution in [1.82, 2.24) is 20.5 Å². The molecule has 2 N–H and O–H groups in total. The lowest BCUT2D eigenvalue weighted by Gasteiger charge is -2.20. The molecular formula is C18H18N4OS. The average Bonchev–Trinajstić information content (AvgIpc) is 2.63. The lowest BCUT2D eigenvalue weighted by molar-refractivity contribution is 0.477. The SMILES string of the molecule is Oc1cc2ccccc2cc1-c1cnc(SC2CCNCC2)nn1. The van der Waals surface area contributed by atoms with Crippen molar-refractivity contribution in [3.8, 4) is 17.0 Å². The van der Waals surface area contributed by atoms with Crippen molar-refractivity contribution in [3.63, 3.8) is 0 Å². The van der Waals surface area contributed by atoms with Crippen LogP contribution in [0.2, 0.25) is 0 Å². The third-order valence-electron chi connectivity index (χ3n) is 4.24. The molecule has 5 nitrogen and oxygen atoms in total.